The zero-order valence-electron chi connectivity index (χ0n) is 15.3. The number of amides is 3. The van der Waals surface area contributed by atoms with Crippen LogP contribution in [0.1, 0.15) is 36.8 Å². The molecule has 3 N–H and O–H groups in total. The number of hydrogen-bond donors (Lipinski definition) is 2. The van der Waals surface area contributed by atoms with Crippen LogP contribution in [-0.2, 0) is 0 Å². The molecule has 1 aliphatic heterocycles. The Labute approximate surface area is 171 Å². The van der Waals surface area contributed by atoms with Gasteiger partial charge in [0.15, 0.2) is 0 Å². The second-order valence-electron chi connectivity index (χ2n) is 6.50. The number of carbonyl (C=O) groups is 3. The first-order valence-electron chi connectivity index (χ1n) is 8.68. The molecule has 0 unspecified atom stereocenters. The van der Waals surface area contributed by atoms with Crippen molar-refractivity contribution < 1.29 is 14.4 Å². The molecule has 0 saturated heterocycles. The second kappa shape index (κ2) is 7.03. The lowest BCUT2D eigenvalue weighted by Crippen LogP contribution is -2.29. The van der Waals surface area contributed by atoms with Crippen molar-refractivity contribution >= 4 is 46.4 Å². The van der Waals surface area contributed by atoms with Crippen LogP contribution < -0.4 is 16.0 Å². The number of aromatic nitrogens is 1. The van der Waals surface area contributed by atoms with E-state index < -0.39 is 17.7 Å². The van der Waals surface area contributed by atoms with Crippen LogP contribution in [0.4, 0.5) is 17.1 Å². The number of pyridine rings is 1. The van der Waals surface area contributed by atoms with Crippen molar-refractivity contribution in [3.05, 3.63) is 82.1 Å². The molecule has 0 saturated carbocycles. The van der Waals surface area contributed by atoms with E-state index in [-0.39, 0.29) is 27.8 Å². The number of nitrogens with one attached hydrogen (secondary N) is 1. The number of imide groups is 1. The van der Waals surface area contributed by atoms with E-state index in [1.807, 2.05) is 0 Å². The molecule has 3 aromatic rings. The molecule has 0 spiro atoms. The summed E-state index contributed by atoms with van der Waals surface area (Å²) < 4.78 is 0. The van der Waals surface area contributed by atoms with Crippen molar-refractivity contribution in [1.29, 1.82) is 0 Å². The first-order valence-corrected chi connectivity index (χ1v) is 9.06. The Kier molecular flexibility index (Phi) is 4.52. The number of halogens is 1. The van der Waals surface area contributed by atoms with Crippen molar-refractivity contribution in [3.63, 3.8) is 0 Å². The number of nitrogens with zero attached hydrogens (tertiary/aromatic N) is 2. The zero-order chi connectivity index (χ0) is 20.7. The Balaban J connectivity index is 1.68. The molecule has 0 fully saturated rings. The smallest absolute Gasteiger partial charge is 0.274 e. The fourth-order valence-electron chi connectivity index (χ4n) is 3.24. The van der Waals surface area contributed by atoms with Gasteiger partial charge in [0.2, 0.25) is 0 Å². The molecule has 144 valence electrons. The first kappa shape index (κ1) is 18.6. The van der Waals surface area contributed by atoms with Gasteiger partial charge in [-0.3, -0.25) is 19.4 Å². The molecular formula is C21H15ClN4O3. The van der Waals surface area contributed by atoms with Crippen LogP contribution >= 0.6 is 11.6 Å². The van der Waals surface area contributed by atoms with Crippen LogP contribution in [-0.4, -0.2) is 22.7 Å². The highest BCUT2D eigenvalue weighted by Gasteiger charge is 2.38. The summed E-state index contributed by atoms with van der Waals surface area (Å²) in [7, 11) is 0. The number of nitrogens with two attached hydrogens (primary N) is 1. The lowest BCUT2D eigenvalue weighted by molar-refractivity contribution is 0.0924. The Morgan fingerprint density at radius 3 is 2.55 bits per heavy atom. The Bertz CT molecular complexity index is 1150. The highest BCUT2D eigenvalue weighted by Crippen LogP contribution is 2.37. The maximum absolute atomic E-state index is 12.8. The number of anilines is 3. The van der Waals surface area contributed by atoms with E-state index in [1.165, 1.54) is 18.3 Å². The summed E-state index contributed by atoms with van der Waals surface area (Å²) >= 11 is 6.32. The molecule has 0 bridgehead atoms. The van der Waals surface area contributed by atoms with Crippen LogP contribution in [0.25, 0.3) is 0 Å². The van der Waals surface area contributed by atoms with Gasteiger partial charge in [-0.1, -0.05) is 29.8 Å². The summed E-state index contributed by atoms with van der Waals surface area (Å²) in [5.74, 6) is -1.37. The van der Waals surface area contributed by atoms with E-state index in [2.05, 4.69) is 10.3 Å². The van der Waals surface area contributed by atoms with E-state index in [4.69, 9.17) is 17.3 Å². The van der Waals surface area contributed by atoms with Crippen LogP contribution in [0.2, 0.25) is 5.02 Å². The van der Waals surface area contributed by atoms with Gasteiger partial charge in [0, 0.05) is 6.20 Å². The lowest BCUT2D eigenvalue weighted by atomic mass is 10.0. The van der Waals surface area contributed by atoms with Gasteiger partial charge in [-0.15, -0.1) is 0 Å². The van der Waals surface area contributed by atoms with Gasteiger partial charge in [0.05, 0.1) is 33.2 Å². The average Bonchev–Trinajstić information content (AvgIpc) is 2.96. The number of nitrogen functional groups attached to an aromatic ring is 1. The van der Waals surface area contributed by atoms with Crippen molar-refractivity contribution in [2.24, 2.45) is 0 Å². The third-order valence-electron chi connectivity index (χ3n) is 4.62. The number of aryl methyl sites for hydroxylation is 1. The predicted molar refractivity (Wildman–Crippen MR) is 110 cm³/mol. The Hall–Kier alpha value is -3.71. The van der Waals surface area contributed by atoms with E-state index in [9.17, 15) is 14.4 Å². The fraction of sp³-hybridized carbons (Fsp3) is 0.0476. The fourth-order valence-corrected chi connectivity index (χ4v) is 3.51. The van der Waals surface area contributed by atoms with E-state index in [0.717, 1.165) is 4.90 Å². The lowest BCUT2D eigenvalue weighted by Gasteiger charge is -2.18. The van der Waals surface area contributed by atoms with Gasteiger partial charge in [-0.25, -0.2) is 4.90 Å². The summed E-state index contributed by atoms with van der Waals surface area (Å²) in [6.07, 6.45) is 1.49. The van der Waals surface area contributed by atoms with Gasteiger partial charge in [0.25, 0.3) is 17.7 Å². The van der Waals surface area contributed by atoms with Crippen LogP contribution in [0.3, 0.4) is 0 Å². The molecule has 29 heavy (non-hydrogen) atoms. The first-order chi connectivity index (χ1) is 13.9. The van der Waals surface area contributed by atoms with E-state index >= 15 is 0 Å². The molecule has 0 radical (unpaired) electrons. The molecule has 8 heteroatoms. The molecule has 4 rings (SSSR count). The molecule has 3 amide bonds. The molecule has 1 aromatic heterocycles. The van der Waals surface area contributed by atoms with Crippen LogP contribution in [0.15, 0.2) is 54.7 Å². The normalized spacial score (nSPS) is 12.8. The number of carbonyl (C=O) groups excluding carboxylic acids is 3. The second-order valence-corrected chi connectivity index (χ2v) is 6.91. The monoisotopic (exact) mass is 406 g/mol. The maximum Gasteiger partial charge on any atom is 0.274 e. The van der Waals surface area contributed by atoms with Crippen LogP contribution in [0.5, 0.6) is 0 Å². The molecule has 0 atom stereocenters. The minimum absolute atomic E-state index is 0.0950. The highest BCUT2D eigenvalue weighted by molar-refractivity contribution is 6.37. The third-order valence-corrected chi connectivity index (χ3v) is 4.92. The molecule has 1 aliphatic rings. The largest absolute Gasteiger partial charge is 0.397 e. The van der Waals surface area contributed by atoms with Crippen molar-refractivity contribution in [2.45, 2.75) is 6.92 Å². The number of benzene rings is 2. The van der Waals surface area contributed by atoms with Crippen LogP contribution in [0, 0.1) is 6.92 Å². The van der Waals surface area contributed by atoms with Crippen molar-refractivity contribution in [2.75, 3.05) is 16.0 Å². The third kappa shape index (κ3) is 3.11. The molecular weight excluding hydrogens is 392 g/mol. The van der Waals surface area contributed by atoms with E-state index in [0.29, 0.717) is 16.7 Å². The van der Waals surface area contributed by atoms with E-state index in [1.54, 1.807) is 43.3 Å². The highest BCUT2D eigenvalue weighted by atomic mass is 35.5. The predicted octanol–water partition coefficient (Wildman–Crippen LogP) is 3.68. The number of rotatable bonds is 3. The van der Waals surface area contributed by atoms with Gasteiger partial charge >= 0.3 is 0 Å². The molecule has 2 heterocycles. The maximum atomic E-state index is 12.8. The summed E-state index contributed by atoms with van der Waals surface area (Å²) in [5, 5.41) is 2.71. The summed E-state index contributed by atoms with van der Waals surface area (Å²) in [5.41, 5.74) is 8.20. The summed E-state index contributed by atoms with van der Waals surface area (Å²) in [6.45, 7) is 1.77. The Morgan fingerprint density at radius 2 is 1.90 bits per heavy atom. The summed E-state index contributed by atoms with van der Waals surface area (Å²) in [6, 6.07) is 12.9. The number of hydrogen-bond acceptors (Lipinski definition) is 5. The zero-order valence-corrected chi connectivity index (χ0v) is 16.0. The minimum Gasteiger partial charge on any atom is -0.397 e. The van der Waals surface area contributed by atoms with Crippen molar-refractivity contribution in [1.82, 2.24) is 4.98 Å². The molecule has 7 nitrogen and oxygen atoms in total. The SMILES string of the molecule is Cc1cccc2c1C(=O)N(c1cc(N)c(NC(=O)c3ccccn3)c(Cl)c1)C2=O. The minimum atomic E-state index is -0.483. The molecule has 2 aromatic carbocycles. The Morgan fingerprint density at radius 1 is 1.10 bits per heavy atom. The molecule has 0 aliphatic carbocycles. The van der Waals surface area contributed by atoms with Gasteiger partial charge in [-0.05, 0) is 42.8 Å². The average molecular weight is 407 g/mol. The van der Waals surface area contributed by atoms with Crippen molar-refractivity contribution in [3.8, 4) is 0 Å². The van der Waals surface area contributed by atoms with Gasteiger partial charge in [0.1, 0.15) is 5.69 Å². The summed E-state index contributed by atoms with van der Waals surface area (Å²) in [4.78, 5) is 43.0. The van der Waals surface area contributed by atoms with Gasteiger partial charge in [-0.2, -0.15) is 0 Å². The standard InChI is InChI=1S/C21H15ClN4O3/c1-11-5-4-6-13-17(11)21(29)26(20(13)28)12-9-14(22)18(15(23)10-12)25-19(27)16-7-2-3-8-24-16/h2-10H,23H2,1H3,(H,25,27). The topological polar surface area (TPSA) is 105 Å². The van der Waals surface area contributed by atoms with Gasteiger partial charge < -0.3 is 11.1 Å². The quantitative estimate of drug-likeness (QED) is 0.510. The number of fused-ring (bicyclic) bond motifs is 1.